The Labute approximate surface area is 160 Å². The van der Waals surface area contributed by atoms with Crippen LogP contribution in [0.1, 0.15) is 52.8 Å². The summed E-state index contributed by atoms with van der Waals surface area (Å²) < 4.78 is 0. The van der Waals surface area contributed by atoms with Crippen molar-refractivity contribution in [2.75, 3.05) is 19.6 Å². The van der Waals surface area contributed by atoms with Gasteiger partial charge in [0.1, 0.15) is 0 Å². The summed E-state index contributed by atoms with van der Waals surface area (Å²) in [6.07, 6.45) is 0.489. The Bertz CT molecular complexity index is 708. The molecule has 0 saturated heterocycles. The molecule has 26 heavy (non-hydrogen) atoms. The number of ketones is 1. The predicted octanol–water partition coefficient (Wildman–Crippen LogP) is 4.22. The van der Waals surface area contributed by atoms with Crippen LogP contribution in [0.3, 0.4) is 0 Å². The molecule has 1 aromatic heterocycles. The molecule has 1 heterocycles. The van der Waals surface area contributed by atoms with Crippen LogP contribution in [0.5, 0.6) is 0 Å². The number of carbonyl (C=O) groups excluding carboxylic acids is 2. The summed E-state index contributed by atoms with van der Waals surface area (Å²) in [6, 6.07) is 14.2. The van der Waals surface area contributed by atoms with E-state index in [1.807, 2.05) is 37.3 Å². The largest absolute Gasteiger partial charge is 0.354 e. The van der Waals surface area contributed by atoms with E-state index in [-0.39, 0.29) is 30.6 Å². The fourth-order valence-corrected chi connectivity index (χ4v) is 3.87. The second-order valence-corrected chi connectivity index (χ2v) is 7.57. The molecule has 0 aliphatic rings. The van der Waals surface area contributed by atoms with E-state index in [9.17, 15) is 9.59 Å². The van der Waals surface area contributed by atoms with Gasteiger partial charge in [-0.3, -0.25) is 14.5 Å². The van der Waals surface area contributed by atoms with Gasteiger partial charge in [0.15, 0.2) is 5.78 Å². The van der Waals surface area contributed by atoms with Crippen molar-refractivity contribution in [1.82, 2.24) is 10.2 Å². The highest BCUT2D eigenvalue weighted by Gasteiger charge is 2.19. The third-order valence-corrected chi connectivity index (χ3v) is 5.57. The van der Waals surface area contributed by atoms with Crippen molar-refractivity contribution in [1.29, 1.82) is 0 Å². The van der Waals surface area contributed by atoms with Gasteiger partial charge in [-0.1, -0.05) is 44.2 Å². The number of thiophene rings is 1. The fraction of sp³-hybridized carbons (Fsp3) is 0.429. The van der Waals surface area contributed by atoms with Crippen molar-refractivity contribution >= 4 is 23.0 Å². The van der Waals surface area contributed by atoms with Gasteiger partial charge in [0.25, 0.3) is 0 Å². The van der Waals surface area contributed by atoms with E-state index in [2.05, 4.69) is 36.2 Å². The lowest BCUT2D eigenvalue weighted by molar-refractivity contribution is -0.121. The highest BCUT2D eigenvalue weighted by Crippen LogP contribution is 2.20. The monoisotopic (exact) mass is 372 g/mol. The van der Waals surface area contributed by atoms with E-state index in [0.717, 1.165) is 22.8 Å². The summed E-state index contributed by atoms with van der Waals surface area (Å²) in [7, 11) is 0. The molecule has 0 aliphatic heterocycles. The Hall–Kier alpha value is -1.98. The van der Waals surface area contributed by atoms with E-state index in [4.69, 9.17) is 0 Å². The van der Waals surface area contributed by atoms with Gasteiger partial charge < -0.3 is 5.32 Å². The van der Waals surface area contributed by atoms with E-state index in [1.165, 1.54) is 16.9 Å². The summed E-state index contributed by atoms with van der Waals surface area (Å²) in [5.41, 5.74) is 1.20. The van der Waals surface area contributed by atoms with Crippen molar-refractivity contribution in [2.24, 2.45) is 0 Å². The maximum absolute atomic E-state index is 12.2. The number of benzene rings is 1. The van der Waals surface area contributed by atoms with Crippen LogP contribution in [0.25, 0.3) is 0 Å². The van der Waals surface area contributed by atoms with Gasteiger partial charge >= 0.3 is 0 Å². The number of amides is 1. The maximum atomic E-state index is 12.2. The smallest absolute Gasteiger partial charge is 0.220 e. The molecule has 0 radical (unpaired) electrons. The zero-order valence-corrected chi connectivity index (χ0v) is 16.6. The van der Waals surface area contributed by atoms with Crippen LogP contribution in [-0.4, -0.2) is 36.2 Å². The van der Waals surface area contributed by atoms with Gasteiger partial charge in [-0.25, -0.2) is 0 Å². The molecule has 140 valence electrons. The van der Waals surface area contributed by atoms with Gasteiger partial charge in [0, 0.05) is 24.3 Å². The minimum absolute atomic E-state index is 0.0432. The molecule has 0 saturated carbocycles. The summed E-state index contributed by atoms with van der Waals surface area (Å²) >= 11 is 1.48. The molecule has 0 fully saturated rings. The number of aryl methyl sites for hydroxylation is 1. The van der Waals surface area contributed by atoms with E-state index < -0.39 is 0 Å². The number of carbonyl (C=O) groups is 2. The van der Waals surface area contributed by atoms with E-state index in [0.29, 0.717) is 6.54 Å². The Morgan fingerprint density at radius 3 is 2.31 bits per heavy atom. The Morgan fingerprint density at radius 2 is 1.73 bits per heavy atom. The minimum atomic E-state index is -0.0697. The average molecular weight is 373 g/mol. The number of nitrogens with one attached hydrogen (secondary N) is 1. The minimum Gasteiger partial charge on any atom is -0.354 e. The molecule has 1 amide bonds. The standard InChI is InChI=1S/C21H28N2O2S/c1-4-23(5-2)18(17-9-7-6-8-10-17)15-22-21(25)14-12-19(24)20-13-11-16(3)26-20/h6-11,13,18H,4-5,12,14-15H2,1-3H3,(H,22,25). The third kappa shape index (κ3) is 5.78. The van der Waals surface area contributed by atoms with Crippen LogP contribution in [0.2, 0.25) is 0 Å². The van der Waals surface area contributed by atoms with Crippen LogP contribution in [0.4, 0.5) is 0 Å². The third-order valence-electron chi connectivity index (χ3n) is 4.52. The number of hydrogen-bond acceptors (Lipinski definition) is 4. The van der Waals surface area contributed by atoms with Crippen molar-refractivity contribution < 1.29 is 9.59 Å². The number of rotatable bonds is 10. The highest BCUT2D eigenvalue weighted by atomic mass is 32.1. The van der Waals surface area contributed by atoms with Crippen LogP contribution in [-0.2, 0) is 4.79 Å². The van der Waals surface area contributed by atoms with Crippen LogP contribution in [0.15, 0.2) is 42.5 Å². The number of likely N-dealkylation sites (N-methyl/N-ethyl adjacent to an activating group) is 1. The van der Waals surface area contributed by atoms with Gasteiger partial charge in [-0.2, -0.15) is 0 Å². The average Bonchev–Trinajstić information content (AvgIpc) is 3.10. The maximum Gasteiger partial charge on any atom is 0.220 e. The first kappa shape index (κ1) is 20.3. The Morgan fingerprint density at radius 1 is 1.04 bits per heavy atom. The number of Topliss-reactive ketones (excluding diaryl/α,β-unsaturated/α-hetero) is 1. The highest BCUT2D eigenvalue weighted by molar-refractivity contribution is 7.14. The molecule has 1 aromatic carbocycles. The second-order valence-electron chi connectivity index (χ2n) is 6.29. The molecule has 4 nitrogen and oxygen atoms in total. The summed E-state index contributed by atoms with van der Waals surface area (Å²) in [5, 5.41) is 3.01. The van der Waals surface area contributed by atoms with Gasteiger partial charge in [0.05, 0.1) is 10.9 Å². The second kappa shape index (κ2) is 10.2. The zero-order valence-electron chi connectivity index (χ0n) is 15.8. The lowest BCUT2D eigenvalue weighted by Gasteiger charge is -2.30. The summed E-state index contributed by atoms with van der Waals surface area (Å²) in [4.78, 5) is 28.6. The lowest BCUT2D eigenvalue weighted by atomic mass is 10.0. The van der Waals surface area contributed by atoms with Crippen LogP contribution < -0.4 is 5.32 Å². The first-order valence-electron chi connectivity index (χ1n) is 9.20. The first-order valence-corrected chi connectivity index (χ1v) is 10.0. The number of nitrogens with zero attached hydrogens (tertiary/aromatic N) is 1. The Kier molecular flexibility index (Phi) is 8.01. The molecule has 2 rings (SSSR count). The van der Waals surface area contributed by atoms with Gasteiger partial charge in [-0.15, -0.1) is 11.3 Å². The SMILES string of the molecule is CCN(CC)C(CNC(=O)CCC(=O)c1ccc(C)s1)c1ccccc1. The van der Waals surface area contributed by atoms with E-state index in [1.54, 1.807) is 0 Å². The number of hydrogen-bond donors (Lipinski definition) is 1. The van der Waals surface area contributed by atoms with Gasteiger partial charge in [-0.05, 0) is 37.7 Å². The van der Waals surface area contributed by atoms with Crippen LogP contribution >= 0.6 is 11.3 Å². The lowest BCUT2D eigenvalue weighted by Crippen LogP contribution is -2.38. The normalized spacial score (nSPS) is 12.2. The molecule has 1 N–H and O–H groups in total. The first-order chi connectivity index (χ1) is 12.5. The molecular weight excluding hydrogens is 344 g/mol. The molecule has 0 aliphatic carbocycles. The molecule has 5 heteroatoms. The summed E-state index contributed by atoms with van der Waals surface area (Å²) in [5.74, 6) is -0.0266. The van der Waals surface area contributed by atoms with Crippen molar-refractivity contribution in [3.8, 4) is 0 Å². The summed E-state index contributed by atoms with van der Waals surface area (Å²) in [6.45, 7) is 8.62. The molecule has 1 unspecified atom stereocenters. The van der Waals surface area contributed by atoms with Crippen LogP contribution in [0, 0.1) is 6.92 Å². The molecule has 1 atom stereocenters. The van der Waals surface area contributed by atoms with Crippen molar-refractivity contribution in [3.63, 3.8) is 0 Å². The van der Waals surface area contributed by atoms with Crippen molar-refractivity contribution in [3.05, 3.63) is 57.8 Å². The molecule has 0 spiro atoms. The van der Waals surface area contributed by atoms with Crippen molar-refractivity contribution in [2.45, 2.75) is 39.7 Å². The molecule has 0 bridgehead atoms. The fourth-order valence-electron chi connectivity index (χ4n) is 3.03. The predicted molar refractivity (Wildman–Crippen MR) is 108 cm³/mol. The van der Waals surface area contributed by atoms with E-state index >= 15 is 0 Å². The van der Waals surface area contributed by atoms with Gasteiger partial charge in [0.2, 0.25) is 5.91 Å². The molecular formula is C21H28N2O2S. The zero-order chi connectivity index (χ0) is 18.9. The topological polar surface area (TPSA) is 49.4 Å². The molecule has 2 aromatic rings. The Balaban J connectivity index is 1.89. The quantitative estimate of drug-likeness (QED) is 0.635.